The zero-order valence-electron chi connectivity index (χ0n) is 48.4. The van der Waals surface area contributed by atoms with E-state index in [0.29, 0.717) is 39.0 Å². The van der Waals surface area contributed by atoms with Gasteiger partial charge in [-0.2, -0.15) is 8.42 Å². The van der Waals surface area contributed by atoms with Crippen molar-refractivity contribution in [3.63, 3.8) is 0 Å². The van der Waals surface area contributed by atoms with Crippen LogP contribution in [-0.4, -0.2) is 136 Å². The summed E-state index contributed by atoms with van der Waals surface area (Å²) < 4.78 is 59.5. The third-order valence-electron chi connectivity index (χ3n) is 8.56. The number of aliphatic hydroxyl groups is 1. The number of pyridine rings is 8. The first-order chi connectivity index (χ1) is 40.8. The van der Waals surface area contributed by atoms with Crippen LogP contribution in [0.25, 0.3) is 33.1 Å². The van der Waals surface area contributed by atoms with E-state index in [2.05, 4.69) is 87.8 Å². The Kier molecular flexibility index (Phi) is 48.9. The van der Waals surface area contributed by atoms with Crippen LogP contribution in [0, 0.1) is 0 Å². The van der Waals surface area contributed by atoms with Gasteiger partial charge in [-0.1, -0.05) is 35.0 Å². The molecule has 0 radical (unpaired) electrons. The average molecular weight is 1440 g/mol. The molecule has 10 N–H and O–H groups in total. The predicted octanol–water partition coefficient (Wildman–Crippen LogP) is 1.81. The van der Waals surface area contributed by atoms with E-state index in [1.54, 1.807) is 77.3 Å². The van der Waals surface area contributed by atoms with Gasteiger partial charge in [-0.25, -0.2) is 49.3 Å². The summed E-state index contributed by atoms with van der Waals surface area (Å²) in [6, 6.07) is 18.9. The van der Waals surface area contributed by atoms with E-state index in [1.165, 1.54) is 42.9 Å². The van der Waals surface area contributed by atoms with E-state index >= 15 is 0 Å². The molecule has 8 heterocycles. The molecule has 8 aromatic heterocycles. The largest absolute Gasteiger partial charge is 1.00 e. The van der Waals surface area contributed by atoms with Crippen molar-refractivity contribution in [1.29, 1.82) is 0 Å². The zero-order chi connectivity index (χ0) is 66.5. The van der Waals surface area contributed by atoms with Gasteiger partial charge in [0.25, 0.3) is 5.56 Å². The second-order valence-corrected chi connectivity index (χ2v) is 23.1. The number of carbonyl (C=O) groups excluding carboxylic acids is 4. The Morgan fingerprint density at radius 3 is 1.47 bits per heavy atom. The van der Waals surface area contributed by atoms with Gasteiger partial charge in [0, 0.05) is 60.3 Å². The maximum Gasteiger partial charge on any atom is 1.00 e. The SMILES string of the molecule is CCO.CCOC(=O)CC(=O)OCC.CCOC(=O)c1c([O-])nc2ncccc2c1[O-].CCOC(=O)c1cccnc1N.Cl.Clc1cc(Cl)c2cccnc2n1.Nc1ncccc1C(=O)O.O=P(Cl)(Cl)Cl.O=S(=O)(O)O.O=c1cc(O)c2cccnc2[nH]1.[Na+].[Na+]. The fraction of sp³-hybridized carbons (Fsp3) is 0.220. The molecule has 0 atom stereocenters. The van der Waals surface area contributed by atoms with E-state index in [0.717, 1.165) is 11.5 Å². The molecule has 0 aromatic carbocycles. The minimum atomic E-state index is -4.67. The Balaban J connectivity index is -0.000000474. The molecular weight excluding hydrogens is 1380 g/mol. The number of anilines is 2. The van der Waals surface area contributed by atoms with Gasteiger partial charge in [0.2, 0.25) is 0 Å². The number of nitrogens with zero attached hydrogens (tertiary/aromatic N) is 7. The number of hydrogen-bond donors (Lipinski definition) is 8. The minimum Gasteiger partial charge on any atom is -0.871 e. The summed E-state index contributed by atoms with van der Waals surface area (Å²) in [5, 5.41) is 47.9. The standard InChI is InChI=1S/C11H10N2O4.C8H4Cl2N2.C8H6N2O2.C8H10N2O2.C7H12O4.C6H6N2O2.C2H6O.Cl3OP.ClH.2Na.H2O4S/c1-2-17-11(16)7-8(14)6-4-3-5-12-9(6)13-10(7)15;9-6-4-7(10)12-8-5(6)2-1-3-11-8;11-6-4-7(12)10-8-5(6)2-1-3-9-8;1-2-12-8(11)6-4-3-5-10-7(6)9;1-3-10-6(8)5-7(9)11-4-2;7-5-4(6(9)10)2-1-3-8-5;1-2-3;1-5(2,3)4;;;;1-5(2,3)4/h3-5H,2H2,1H3,(H2,12,13,14,15);1-4H;1-4H,(H2,9,10,11,12);3-5H,2H2,1H3,(H2,9,10);3-5H2,1-2H3;1-3H,(H2,7,8)(H,9,10);3H,2H2,1H3;;1H;;;(H2,1,2,3,4)/q;;;;;;;;;2*+1;/p-2. The Labute approximate surface area is 587 Å². The molecule has 40 heteroatoms. The van der Waals surface area contributed by atoms with Crippen molar-refractivity contribution in [3.8, 4) is 17.4 Å². The molecule has 0 aliphatic carbocycles. The van der Waals surface area contributed by atoms with E-state index in [4.69, 9.17) is 67.1 Å². The maximum atomic E-state index is 11.9. The van der Waals surface area contributed by atoms with Crippen molar-refractivity contribution in [2.45, 2.75) is 41.0 Å². The van der Waals surface area contributed by atoms with Crippen LogP contribution in [0.5, 0.6) is 17.4 Å². The number of aromatic carboxylic acids is 1. The average Bonchev–Trinajstić information content (AvgIpc) is 0.913. The summed E-state index contributed by atoms with van der Waals surface area (Å²) in [4.78, 5) is 94.1. The van der Waals surface area contributed by atoms with Gasteiger partial charge in [0.15, 0.2) is 11.3 Å². The Morgan fingerprint density at radius 1 is 0.644 bits per heavy atom. The number of carboxylic acids is 1. The van der Waals surface area contributed by atoms with Crippen LogP contribution in [-0.2, 0) is 43.5 Å². The number of H-pyrrole nitrogens is 1. The number of nitrogen functional groups attached to an aromatic ring is 2. The van der Waals surface area contributed by atoms with Crippen molar-refractivity contribution in [1.82, 2.24) is 39.9 Å². The molecular formula is C50H55Cl6N10Na2O20PS. The molecule has 30 nitrogen and oxygen atoms in total. The number of aliphatic hydroxyl groups excluding tert-OH is 1. The molecule has 0 unspecified atom stereocenters. The molecule has 0 saturated carbocycles. The number of aromatic hydroxyl groups is 1. The number of rotatable bonds is 9. The van der Waals surface area contributed by atoms with Crippen LogP contribution in [0.3, 0.4) is 0 Å². The molecule has 0 fully saturated rings. The number of carbonyl (C=O) groups is 5. The number of hydrogen-bond acceptors (Lipinski definition) is 26. The van der Waals surface area contributed by atoms with Gasteiger partial charge >= 0.3 is 105 Å². The molecule has 0 amide bonds. The number of fused-ring (bicyclic) bond motifs is 3. The first-order valence-corrected chi connectivity index (χ1v) is 30.5. The Hall–Kier alpha value is -6.07. The van der Waals surface area contributed by atoms with Gasteiger partial charge in [0.05, 0.1) is 42.4 Å². The summed E-state index contributed by atoms with van der Waals surface area (Å²) in [7, 11) is -4.67. The van der Waals surface area contributed by atoms with Crippen LogP contribution >= 0.6 is 74.5 Å². The van der Waals surface area contributed by atoms with E-state index in [9.17, 15) is 48.7 Å². The molecule has 0 aliphatic rings. The summed E-state index contributed by atoms with van der Waals surface area (Å²) in [6.07, 6.45) is 7.31. The Bertz CT molecular complexity index is 3730. The number of ether oxygens (including phenoxy) is 4. The minimum absolute atomic E-state index is 0. The molecule has 0 saturated heterocycles. The first-order valence-electron chi connectivity index (χ1n) is 23.9. The van der Waals surface area contributed by atoms with Crippen molar-refractivity contribution in [3.05, 3.63) is 141 Å². The van der Waals surface area contributed by atoms with E-state index in [-0.39, 0.29) is 144 Å². The van der Waals surface area contributed by atoms with Crippen LogP contribution in [0.4, 0.5) is 11.6 Å². The smallest absolute Gasteiger partial charge is 0.871 e. The number of esters is 4. The third kappa shape index (κ3) is 39.2. The fourth-order valence-electron chi connectivity index (χ4n) is 5.42. The summed E-state index contributed by atoms with van der Waals surface area (Å²) >= 11 is 25.4. The predicted molar refractivity (Wildman–Crippen MR) is 325 cm³/mol. The number of halogens is 6. The number of nitrogens with one attached hydrogen (secondary N) is 1. The molecule has 8 aromatic rings. The Morgan fingerprint density at radius 2 is 1.03 bits per heavy atom. The van der Waals surface area contributed by atoms with E-state index in [1.807, 2.05) is 12.1 Å². The maximum absolute atomic E-state index is 11.9. The molecule has 480 valence electrons. The number of nitrogens with two attached hydrogens (primary N) is 2. The second kappa shape index (κ2) is 48.7. The van der Waals surface area contributed by atoms with Crippen molar-refractivity contribution < 1.29 is 150 Å². The van der Waals surface area contributed by atoms with Gasteiger partial charge in [-0.15, -0.1) is 12.4 Å². The van der Waals surface area contributed by atoms with E-state index < -0.39 is 62.6 Å². The van der Waals surface area contributed by atoms with Crippen molar-refractivity contribution in [2.24, 2.45) is 0 Å². The molecule has 90 heavy (non-hydrogen) atoms. The van der Waals surface area contributed by atoms with Crippen LogP contribution in [0.1, 0.15) is 72.1 Å². The zero-order valence-corrected chi connectivity index (χ0v) is 58.7. The van der Waals surface area contributed by atoms with Crippen LogP contribution in [0.15, 0.2) is 109 Å². The summed E-state index contributed by atoms with van der Waals surface area (Å²) in [6.45, 7) is 9.63. The monoisotopic (exact) mass is 1430 g/mol. The fourth-order valence-corrected chi connectivity index (χ4v) is 5.92. The van der Waals surface area contributed by atoms with Crippen LogP contribution < -0.4 is 86.4 Å². The molecule has 8 rings (SSSR count). The topological polar surface area (TPSA) is 496 Å². The molecule has 0 aliphatic heterocycles. The van der Waals surface area contributed by atoms with Gasteiger partial charge < -0.3 is 60.9 Å². The molecule has 0 bridgehead atoms. The van der Waals surface area contributed by atoms with Crippen molar-refractivity contribution >= 4 is 160 Å². The number of aromatic amines is 1. The number of carboxylic acid groups (broad SMARTS) is 1. The van der Waals surface area contributed by atoms with Gasteiger partial charge in [0.1, 0.15) is 45.7 Å². The van der Waals surface area contributed by atoms with Gasteiger partial charge in [-0.05, 0) is 129 Å². The summed E-state index contributed by atoms with van der Waals surface area (Å²) in [5.41, 5.74) is 11.1. The second-order valence-electron chi connectivity index (χ2n) is 14.8. The summed E-state index contributed by atoms with van der Waals surface area (Å²) in [5.74, 6) is -4.87. The van der Waals surface area contributed by atoms with Crippen molar-refractivity contribution in [2.75, 3.05) is 44.5 Å². The first kappa shape index (κ1) is 90.3. The molecule has 0 spiro atoms. The number of aromatic nitrogens is 8. The van der Waals surface area contributed by atoms with Gasteiger partial charge in [-0.3, -0.25) is 28.1 Å². The van der Waals surface area contributed by atoms with Crippen LogP contribution in [0.2, 0.25) is 10.2 Å². The quantitative estimate of drug-likeness (QED) is 0.0194. The normalized spacial score (nSPS) is 9.61. The third-order valence-corrected chi connectivity index (χ3v) is 9.06.